The predicted octanol–water partition coefficient (Wildman–Crippen LogP) is 4.96. The first-order valence-electron chi connectivity index (χ1n) is 12.7. The summed E-state index contributed by atoms with van der Waals surface area (Å²) >= 11 is 1.72. The second kappa shape index (κ2) is 10.0. The van der Waals surface area contributed by atoms with E-state index < -0.39 is 0 Å². The molecule has 1 aliphatic heterocycles. The molecule has 1 unspecified atom stereocenters. The zero-order valence-electron chi connectivity index (χ0n) is 20.4. The minimum Gasteiger partial charge on any atom is -0.454 e. The molecule has 0 saturated heterocycles. The summed E-state index contributed by atoms with van der Waals surface area (Å²) in [5, 5.41) is 16.0. The highest BCUT2D eigenvalue weighted by Gasteiger charge is 2.29. The topological polar surface area (TPSA) is 98.2 Å². The lowest BCUT2D eigenvalue weighted by Gasteiger charge is -2.31. The molecule has 1 aromatic carbocycles. The molecule has 6 rings (SSSR count). The van der Waals surface area contributed by atoms with Crippen LogP contribution in [0.25, 0.3) is 10.9 Å². The highest BCUT2D eigenvalue weighted by atomic mass is 32.1. The van der Waals surface area contributed by atoms with E-state index in [0.717, 1.165) is 36.0 Å². The average Bonchev–Trinajstić information content (AvgIpc) is 3.67. The van der Waals surface area contributed by atoms with Crippen molar-refractivity contribution in [1.29, 1.82) is 0 Å². The molecule has 2 aliphatic rings. The van der Waals surface area contributed by atoms with Gasteiger partial charge < -0.3 is 14.5 Å². The fourth-order valence-electron chi connectivity index (χ4n) is 5.47. The standard InChI is InChI=1S/C26H30N6O3S/c1-2-22(25-28-29-30-32(25)19-7-4-3-5-8-19)31(15-20-9-6-10-36-20)14-18-11-17-12-23-24(35-16-34-23)13-21(17)27-26(18)33/h6,9-13,19,22H,2-5,7-8,14-16H2,1H3,(H,27,33). The zero-order valence-corrected chi connectivity index (χ0v) is 21.2. The number of hydrogen-bond donors (Lipinski definition) is 1. The van der Waals surface area contributed by atoms with E-state index in [1.807, 2.05) is 18.2 Å². The molecule has 36 heavy (non-hydrogen) atoms. The fraction of sp³-hybridized carbons (Fsp3) is 0.462. The maximum Gasteiger partial charge on any atom is 0.252 e. The van der Waals surface area contributed by atoms with Crippen LogP contribution in [0, 0.1) is 0 Å². The highest BCUT2D eigenvalue weighted by molar-refractivity contribution is 7.09. The molecule has 10 heteroatoms. The van der Waals surface area contributed by atoms with Crippen LogP contribution < -0.4 is 15.0 Å². The molecule has 1 saturated carbocycles. The largest absolute Gasteiger partial charge is 0.454 e. The normalized spacial score (nSPS) is 16.7. The van der Waals surface area contributed by atoms with Gasteiger partial charge in [0.1, 0.15) is 0 Å². The lowest BCUT2D eigenvalue weighted by molar-refractivity contribution is 0.157. The van der Waals surface area contributed by atoms with Crippen molar-refractivity contribution in [2.24, 2.45) is 0 Å². The van der Waals surface area contributed by atoms with Crippen LogP contribution in [0.3, 0.4) is 0 Å². The SMILES string of the molecule is CCC(c1nnnn1C1CCCCC1)N(Cc1cccs1)Cc1cc2cc3c(cc2[nH]c1=O)OCO3. The van der Waals surface area contributed by atoms with E-state index in [0.29, 0.717) is 36.2 Å². The summed E-state index contributed by atoms with van der Waals surface area (Å²) in [6.45, 7) is 3.56. The summed E-state index contributed by atoms with van der Waals surface area (Å²) in [6.07, 6.45) is 6.76. The van der Waals surface area contributed by atoms with Gasteiger partial charge in [0.15, 0.2) is 17.3 Å². The monoisotopic (exact) mass is 506 g/mol. The van der Waals surface area contributed by atoms with Crippen molar-refractivity contribution >= 4 is 22.2 Å². The quantitative estimate of drug-likeness (QED) is 0.360. The number of aromatic amines is 1. The first kappa shape index (κ1) is 23.2. The summed E-state index contributed by atoms with van der Waals surface area (Å²) in [4.78, 5) is 19.8. The van der Waals surface area contributed by atoms with Crippen LogP contribution in [0.4, 0.5) is 0 Å². The molecule has 1 fully saturated rings. The van der Waals surface area contributed by atoms with E-state index in [-0.39, 0.29) is 18.4 Å². The summed E-state index contributed by atoms with van der Waals surface area (Å²) in [6, 6.07) is 10.3. The van der Waals surface area contributed by atoms with Gasteiger partial charge in [-0.2, -0.15) is 0 Å². The third-order valence-corrected chi connectivity index (χ3v) is 8.15. The number of ether oxygens (including phenoxy) is 2. The molecule has 0 bridgehead atoms. The Morgan fingerprint density at radius 2 is 2.00 bits per heavy atom. The van der Waals surface area contributed by atoms with Gasteiger partial charge in [0.25, 0.3) is 5.56 Å². The van der Waals surface area contributed by atoms with Crippen LogP contribution in [0.15, 0.2) is 40.5 Å². The van der Waals surface area contributed by atoms with Crippen molar-refractivity contribution in [2.75, 3.05) is 6.79 Å². The first-order chi connectivity index (χ1) is 17.7. The van der Waals surface area contributed by atoms with E-state index in [1.165, 1.54) is 24.1 Å². The second-order valence-corrected chi connectivity index (χ2v) is 10.6. The Morgan fingerprint density at radius 3 is 2.78 bits per heavy atom. The van der Waals surface area contributed by atoms with E-state index >= 15 is 0 Å². The molecular formula is C26H30N6O3S. The first-order valence-corrected chi connectivity index (χ1v) is 13.6. The lowest BCUT2D eigenvalue weighted by atomic mass is 9.95. The molecule has 188 valence electrons. The van der Waals surface area contributed by atoms with Crippen molar-refractivity contribution in [3.63, 3.8) is 0 Å². The summed E-state index contributed by atoms with van der Waals surface area (Å²) < 4.78 is 13.1. The smallest absolute Gasteiger partial charge is 0.252 e. The number of rotatable bonds is 8. The van der Waals surface area contributed by atoms with Gasteiger partial charge >= 0.3 is 0 Å². The van der Waals surface area contributed by atoms with Gasteiger partial charge in [-0.15, -0.1) is 16.4 Å². The predicted molar refractivity (Wildman–Crippen MR) is 137 cm³/mol. The molecule has 4 heterocycles. The Bertz CT molecular complexity index is 1390. The Morgan fingerprint density at radius 1 is 1.17 bits per heavy atom. The van der Waals surface area contributed by atoms with Gasteiger partial charge in [0.05, 0.1) is 17.6 Å². The van der Waals surface area contributed by atoms with Crippen molar-refractivity contribution in [1.82, 2.24) is 30.1 Å². The van der Waals surface area contributed by atoms with Crippen LogP contribution >= 0.6 is 11.3 Å². The lowest BCUT2D eigenvalue weighted by Crippen LogP contribution is -2.33. The molecule has 4 aromatic rings. The van der Waals surface area contributed by atoms with Crippen LogP contribution in [0.5, 0.6) is 11.5 Å². The molecule has 0 radical (unpaired) electrons. The third kappa shape index (κ3) is 4.51. The van der Waals surface area contributed by atoms with E-state index in [9.17, 15) is 4.79 Å². The van der Waals surface area contributed by atoms with Gasteiger partial charge in [-0.1, -0.05) is 32.3 Å². The Balaban J connectivity index is 1.36. The van der Waals surface area contributed by atoms with Crippen LogP contribution in [-0.4, -0.2) is 36.9 Å². The maximum atomic E-state index is 13.2. The number of tetrazole rings is 1. The van der Waals surface area contributed by atoms with E-state index in [4.69, 9.17) is 9.47 Å². The van der Waals surface area contributed by atoms with E-state index in [1.54, 1.807) is 11.3 Å². The number of nitrogens with zero attached hydrogens (tertiary/aromatic N) is 5. The molecule has 0 amide bonds. The third-order valence-electron chi connectivity index (χ3n) is 7.29. The van der Waals surface area contributed by atoms with E-state index in [2.05, 4.69) is 54.5 Å². The number of benzene rings is 1. The molecule has 9 nitrogen and oxygen atoms in total. The zero-order chi connectivity index (χ0) is 24.5. The Kier molecular flexibility index (Phi) is 6.45. The fourth-order valence-corrected chi connectivity index (χ4v) is 6.20. The molecule has 3 aromatic heterocycles. The number of aromatic nitrogens is 5. The van der Waals surface area contributed by atoms with Crippen molar-refractivity contribution < 1.29 is 9.47 Å². The van der Waals surface area contributed by atoms with Gasteiger partial charge in [0.2, 0.25) is 6.79 Å². The number of thiophene rings is 1. The van der Waals surface area contributed by atoms with Crippen LogP contribution in [0.1, 0.15) is 73.8 Å². The number of hydrogen-bond acceptors (Lipinski definition) is 8. The van der Waals surface area contributed by atoms with Crippen LogP contribution in [0.2, 0.25) is 0 Å². The van der Waals surface area contributed by atoms with Gasteiger partial charge in [-0.05, 0) is 53.3 Å². The molecule has 1 N–H and O–H groups in total. The van der Waals surface area contributed by atoms with Gasteiger partial charge in [-0.3, -0.25) is 9.69 Å². The summed E-state index contributed by atoms with van der Waals surface area (Å²) in [5.74, 6) is 2.25. The second-order valence-electron chi connectivity index (χ2n) is 9.60. The minimum absolute atomic E-state index is 0.0177. The van der Waals surface area contributed by atoms with Gasteiger partial charge in [-0.25, -0.2) is 4.68 Å². The molecule has 1 aliphatic carbocycles. The summed E-state index contributed by atoms with van der Waals surface area (Å²) in [5.41, 5.74) is 1.35. The number of pyridine rings is 1. The highest BCUT2D eigenvalue weighted by Crippen LogP contribution is 2.36. The molecular weight excluding hydrogens is 476 g/mol. The minimum atomic E-state index is -0.0979. The maximum absolute atomic E-state index is 13.2. The molecule has 1 atom stereocenters. The van der Waals surface area contributed by atoms with Crippen molar-refractivity contribution in [2.45, 2.75) is 70.6 Å². The Hall–Kier alpha value is -3.24. The van der Waals surface area contributed by atoms with Gasteiger partial charge in [0, 0.05) is 35.0 Å². The average molecular weight is 507 g/mol. The molecule has 0 spiro atoms. The van der Waals surface area contributed by atoms with Crippen molar-refractivity contribution in [3.8, 4) is 11.5 Å². The number of fused-ring (bicyclic) bond motifs is 2. The van der Waals surface area contributed by atoms with Crippen molar-refractivity contribution in [3.05, 3.63) is 62.3 Å². The summed E-state index contributed by atoms with van der Waals surface area (Å²) in [7, 11) is 0. The Labute approximate surface area is 213 Å². The van der Waals surface area contributed by atoms with Crippen LogP contribution in [-0.2, 0) is 13.1 Å². The number of nitrogens with one attached hydrogen (secondary N) is 1. The number of H-pyrrole nitrogens is 1.